The number of rotatable bonds is 5. The number of aromatic nitrogens is 1. The maximum absolute atomic E-state index is 11.1. The van der Waals surface area contributed by atoms with Crippen LogP contribution in [0.5, 0.6) is 5.75 Å². The van der Waals surface area contributed by atoms with Gasteiger partial charge in [0.05, 0.1) is 17.6 Å². The molecule has 2 aromatic carbocycles. The highest BCUT2D eigenvalue weighted by Crippen LogP contribution is 2.23. The Morgan fingerprint density at radius 3 is 2.50 bits per heavy atom. The zero-order valence-electron chi connectivity index (χ0n) is 14.5. The molecule has 6 nitrogen and oxygen atoms in total. The molecule has 0 atom stereocenters. The van der Waals surface area contributed by atoms with Crippen LogP contribution in [0.2, 0.25) is 0 Å². The number of carboxylic acids is 1. The van der Waals surface area contributed by atoms with Gasteiger partial charge >= 0.3 is 5.97 Å². The third kappa shape index (κ3) is 3.59. The van der Waals surface area contributed by atoms with E-state index in [9.17, 15) is 9.90 Å². The van der Waals surface area contributed by atoms with Crippen LogP contribution in [-0.2, 0) is 0 Å². The standard InChI is InChI=1S/C20H19N3O3/c1-22(2)15-6-8-16(9-7-15)23-11-3-4-17(23)13-21-14-5-10-19(24)18(12-14)20(25)26/h3-13,24H,1-2H3,(H,25,26). The number of nitrogens with zero attached hydrogens (tertiary/aromatic N) is 3. The van der Waals surface area contributed by atoms with Gasteiger partial charge in [0, 0.05) is 31.7 Å². The molecule has 6 heteroatoms. The molecule has 0 aliphatic heterocycles. The largest absolute Gasteiger partial charge is 0.507 e. The maximum atomic E-state index is 11.1. The Bertz CT molecular complexity index is 957. The second-order valence-corrected chi connectivity index (χ2v) is 5.98. The summed E-state index contributed by atoms with van der Waals surface area (Å²) in [6.45, 7) is 0. The van der Waals surface area contributed by atoms with Crippen molar-refractivity contribution >= 4 is 23.6 Å². The van der Waals surface area contributed by atoms with Gasteiger partial charge in [-0.05, 0) is 54.6 Å². The predicted molar refractivity (Wildman–Crippen MR) is 102 cm³/mol. The zero-order chi connectivity index (χ0) is 18.7. The lowest BCUT2D eigenvalue weighted by Gasteiger charge is -2.13. The van der Waals surface area contributed by atoms with Crippen molar-refractivity contribution in [3.8, 4) is 11.4 Å². The van der Waals surface area contributed by atoms with Gasteiger partial charge in [0.2, 0.25) is 0 Å². The predicted octanol–water partition coefficient (Wildman–Crippen LogP) is 3.70. The van der Waals surface area contributed by atoms with Gasteiger partial charge < -0.3 is 19.7 Å². The van der Waals surface area contributed by atoms with E-state index in [-0.39, 0.29) is 11.3 Å². The average molecular weight is 349 g/mol. The van der Waals surface area contributed by atoms with E-state index in [4.69, 9.17) is 5.11 Å². The minimum atomic E-state index is -1.19. The quantitative estimate of drug-likeness (QED) is 0.689. The number of aromatic hydroxyl groups is 1. The molecule has 0 bridgehead atoms. The summed E-state index contributed by atoms with van der Waals surface area (Å²) in [5.41, 5.74) is 3.25. The second kappa shape index (κ2) is 7.14. The lowest BCUT2D eigenvalue weighted by atomic mass is 10.2. The molecule has 3 rings (SSSR count). The van der Waals surface area contributed by atoms with E-state index in [1.807, 2.05) is 66.2 Å². The van der Waals surface area contributed by atoms with E-state index in [1.165, 1.54) is 12.1 Å². The molecule has 3 aromatic rings. The van der Waals surface area contributed by atoms with E-state index in [1.54, 1.807) is 12.3 Å². The van der Waals surface area contributed by atoms with Crippen LogP contribution in [0, 0.1) is 0 Å². The highest BCUT2D eigenvalue weighted by atomic mass is 16.4. The molecule has 0 saturated heterocycles. The monoisotopic (exact) mass is 349 g/mol. The van der Waals surface area contributed by atoms with Gasteiger partial charge in [-0.3, -0.25) is 4.99 Å². The van der Waals surface area contributed by atoms with E-state index < -0.39 is 5.97 Å². The first-order valence-electron chi connectivity index (χ1n) is 8.01. The summed E-state index contributed by atoms with van der Waals surface area (Å²) in [5.74, 6) is -1.47. The smallest absolute Gasteiger partial charge is 0.339 e. The van der Waals surface area contributed by atoms with Gasteiger partial charge in [0.25, 0.3) is 0 Å². The maximum Gasteiger partial charge on any atom is 0.339 e. The fraction of sp³-hybridized carbons (Fsp3) is 0.100. The van der Waals surface area contributed by atoms with E-state index in [0.717, 1.165) is 17.1 Å². The van der Waals surface area contributed by atoms with Crippen LogP contribution in [0.3, 0.4) is 0 Å². The Kier molecular flexibility index (Phi) is 4.75. The van der Waals surface area contributed by atoms with Gasteiger partial charge in [-0.2, -0.15) is 0 Å². The number of carboxylic acid groups (broad SMARTS) is 1. The normalized spacial score (nSPS) is 11.0. The van der Waals surface area contributed by atoms with Crippen molar-refractivity contribution in [1.82, 2.24) is 4.57 Å². The molecule has 132 valence electrons. The number of carbonyl (C=O) groups is 1. The molecule has 0 unspecified atom stereocenters. The molecule has 0 spiro atoms. The molecule has 0 aliphatic rings. The second-order valence-electron chi connectivity index (χ2n) is 5.98. The SMILES string of the molecule is CN(C)c1ccc(-n2cccc2C=Nc2ccc(O)c(C(=O)O)c2)cc1. The molecule has 2 N–H and O–H groups in total. The molecular formula is C20H19N3O3. The van der Waals surface area contributed by atoms with Crippen molar-refractivity contribution in [2.75, 3.05) is 19.0 Å². The number of hydrogen-bond acceptors (Lipinski definition) is 4. The van der Waals surface area contributed by atoms with Gasteiger partial charge in [-0.1, -0.05) is 0 Å². The summed E-state index contributed by atoms with van der Waals surface area (Å²) < 4.78 is 1.99. The number of anilines is 1. The fourth-order valence-corrected chi connectivity index (χ4v) is 2.56. The van der Waals surface area contributed by atoms with Crippen LogP contribution < -0.4 is 4.90 Å². The lowest BCUT2D eigenvalue weighted by molar-refractivity contribution is 0.0694. The van der Waals surface area contributed by atoms with Crippen LogP contribution in [0.4, 0.5) is 11.4 Å². The Hall–Kier alpha value is -3.54. The summed E-state index contributed by atoms with van der Waals surface area (Å²) in [6.07, 6.45) is 3.60. The number of aromatic carboxylic acids is 1. The molecule has 0 radical (unpaired) electrons. The van der Waals surface area contributed by atoms with Crippen molar-refractivity contribution in [2.24, 2.45) is 4.99 Å². The molecule has 1 heterocycles. The first-order valence-corrected chi connectivity index (χ1v) is 8.01. The molecule has 26 heavy (non-hydrogen) atoms. The minimum Gasteiger partial charge on any atom is -0.507 e. The van der Waals surface area contributed by atoms with Gasteiger partial charge in [-0.25, -0.2) is 4.79 Å². The molecular weight excluding hydrogens is 330 g/mol. The van der Waals surface area contributed by atoms with Crippen LogP contribution in [0.15, 0.2) is 65.8 Å². The molecule has 0 aliphatic carbocycles. The highest BCUT2D eigenvalue weighted by molar-refractivity contribution is 5.92. The molecule has 0 amide bonds. The Morgan fingerprint density at radius 2 is 1.85 bits per heavy atom. The first-order chi connectivity index (χ1) is 12.5. The molecule has 0 fully saturated rings. The van der Waals surface area contributed by atoms with Crippen molar-refractivity contribution < 1.29 is 15.0 Å². The third-order valence-electron chi connectivity index (χ3n) is 3.98. The van der Waals surface area contributed by atoms with E-state index in [2.05, 4.69) is 4.99 Å². The van der Waals surface area contributed by atoms with Gasteiger partial charge in [-0.15, -0.1) is 0 Å². The average Bonchev–Trinajstić information content (AvgIpc) is 3.09. The van der Waals surface area contributed by atoms with Gasteiger partial charge in [0.15, 0.2) is 0 Å². The summed E-state index contributed by atoms with van der Waals surface area (Å²) in [5, 5.41) is 18.6. The summed E-state index contributed by atoms with van der Waals surface area (Å²) >= 11 is 0. The Balaban J connectivity index is 1.88. The van der Waals surface area contributed by atoms with Crippen molar-refractivity contribution in [3.63, 3.8) is 0 Å². The highest BCUT2D eigenvalue weighted by Gasteiger charge is 2.09. The number of hydrogen-bond donors (Lipinski definition) is 2. The van der Waals surface area contributed by atoms with Crippen LogP contribution >= 0.6 is 0 Å². The van der Waals surface area contributed by atoms with Gasteiger partial charge in [0.1, 0.15) is 11.3 Å². The fourth-order valence-electron chi connectivity index (χ4n) is 2.56. The lowest BCUT2D eigenvalue weighted by Crippen LogP contribution is -2.08. The number of benzene rings is 2. The van der Waals surface area contributed by atoms with Crippen molar-refractivity contribution in [3.05, 3.63) is 72.1 Å². The Labute approximate surface area is 151 Å². The van der Waals surface area contributed by atoms with E-state index in [0.29, 0.717) is 5.69 Å². The van der Waals surface area contributed by atoms with Crippen LogP contribution in [0.1, 0.15) is 16.1 Å². The van der Waals surface area contributed by atoms with Crippen molar-refractivity contribution in [1.29, 1.82) is 0 Å². The molecule has 1 aromatic heterocycles. The number of aliphatic imine (C=N–C) groups is 1. The van der Waals surface area contributed by atoms with Crippen molar-refractivity contribution in [2.45, 2.75) is 0 Å². The zero-order valence-corrected chi connectivity index (χ0v) is 14.5. The van der Waals surface area contributed by atoms with Crippen LogP contribution in [-0.4, -0.2) is 41.1 Å². The number of phenols is 1. The summed E-state index contributed by atoms with van der Waals surface area (Å²) in [6, 6.07) is 16.2. The third-order valence-corrected chi connectivity index (χ3v) is 3.98. The summed E-state index contributed by atoms with van der Waals surface area (Å²) in [7, 11) is 3.98. The minimum absolute atomic E-state index is 0.172. The Morgan fingerprint density at radius 1 is 1.12 bits per heavy atom. The molecule has 0 saturated carbocycles. The topological polar surface area (TPSA) is 78.1 Å². The van der Waals surface area contributed by atoms with E-state index >= 15 is 0 Å². The summed E-state index contributed by atoms with van der Waals surface area (Å²) in [4.78, 5) is 17.5. The first kappa shape index (κ1) is 17.3. The van der Waals surface area contributed by atoms with Crippen LogP contribution in [0.25, 0.3) is 5.69 Å².